The Kier molecular flexibility index (Phi) is 4.94. The van der Waals surface area contributed by atoms with Gasteiger partial charge in [0.05, 0.1) is 17.2 Å². The predicted octanol–water partition coefficient (Wildman–Crippen LogP) is 1.31. The standard InChI is InChI=1S/C18H24N4O2/c1-13-4-3-5-15-17(13)20-12-22(18(15)24)11-8-16(23)21-9-6-14(19-2)7-10-21/h3-5,12,14,19H,6-11H2,1-2H3. The molecule has 0 atom stereocenters. The van der Waals surface area contributed by atoms with E-state index < -0.39 is 0 Å². The molecule has 2 heterocycles. The second-order valence-corrected chi connectivity index (χ2v) is 6.41. The second-order valence-electron chi connectivity index (χ2n) is 6.41. The summed E-state index contributed by atoms with van der Waals surface area (Å²) < 4.78 is 1.54. The lowest BCUT2D eigenvalue weighted by Gasteiger charge is -2.31. The fourth-order valence-corrected chi connectivity index (χ4v) is 3.29. The van der Waals surface area contributed by atoms with Gasteiger partial charge in [0.25, 0.3) is 5.56 Å². The largest absolute Gasteiger partial charge is 0.343 e. The number of para-hydroxylation sites is 1. The minimum absolute atomic E-state index is 0.0783. The highest BCUT2D eigenvalue weighted by atomic mass is 16.2. The summed E-state index contributed by atoms with van der Waals surface area (Å²) >= 11 is 0. The summed E-state index contributed by atoms with van der Waals surface area (Å²) in [6, 6.07) is 6.10. The normalized spacial score (nSPS) is 15.8. The van der Waals surface area contributed by atoms with Crippen LogP contribution in [0.3, 0.4) is 0 Å². The molecule has 0 unspecified atom stereocenters. The van der Waals surface area contributed by atoms with Crippen molar-refractivity contribution < 1.29 is 4.79 Å². The molecular formula is C18H24N4O2. The van der Waals surface area contributed by atoms with Crippen LogP contribution in [0.15, 0.2) is 29.3 Å². The Morgan fingerprint density at radius 1 is 1.33 bits per heavy atom. The van der Waals surface area contributed by atoms with Gasteiger partial charge in [-0.25, -0.2) is 4.98 Å². The summed E-state index contributed by atoms with van der Waals surface area (Å²) in [5.74, 6) is 0.112. The number of aryl methyl sites for hydroxylation is 2. The van der Waals surface area contributed by atoms with Gasteiger partial charge in [-0.15, -0.1) is 0 Å². The lowest BCUT2D eigenvalue weighted by molar-refractivity contribution is -0.132. The molecule has 128 valence electrons. The summed E-state index contributed by atoms with van der Waals surface area (Å²) in [6.07, 6.45) is 3.86. The Labute approximate surface area is 141 Å². The number of nitrogens with one attached hydrogen (secondary N) is 1. The van der Waals surface area contributed by atoms with E-state index in [0.717, 1.165) is 37.0 Å². The quantitative estimate of drug-likeness (QED) is 0.919. The van der Waals surface area contributed by atoms with Crippen molar-refractivity contribution in [1.29, 1.82) is 0 Å². The minimum Gasteiger partial charge on any atom is -0.343 e. The molecule has 6 nitrogen and oxygen atoms in total. The van der Waals surface area contributed by atoms with E-state index in [9.17, 15) is 9.59 Å². The van der Waals surface area contributed by atoms with Crippen LogP contribution in [0.4, 0.5) is 0 Å². The molecule has 0 spiro atoms. The number of hydrogen-bond donors (Lipinski definition) is 1. The monoisotopic (exact) mass is 328 g/mol. The molecule has 1 fully saturated rings. The molecule has 1 saturated heterocycles. The van der Waals surface area contributed by atoms with Crippen molar-refractivity contribution in [2.24, 2.45) is 0 Å². The van der Waals surface area contributed by atoms with Gasteiger partial charge in [-0.2, -0.15) is 0 Å². The molecule has 1 N–H and O–H groups in total. The molecule has 0 radical (unpaired) electrons. The maximum absolute atomic E-state index is 12.5. The highest BCUT2D eigenvalue weighted by Crippen LogP contribution is 2.13. The third-order valence-electron chi connectivity index (χ3n) is 4.88. The summed E-state index contributed by atoms with van der Waals surface area (Å²) in [4.78, 5) is 31.2. The Morgan fingerprint density at radius 2 is 2.08 bits per heavy atom. The summed E-state index contributed by atoms with van der Waals surface area (Å²) in [7, 11) is 1.96. The van der Waals surface area contributed by atoms with Crippen molar-refractivity contribution in [1.82, 2.24) is 19.8 Å². The molecule has 2 aromatic rings. The number of amides is 1. The Bertz CT molecular complexity index is 791. The molecule has 1 amide bonds. The maximum atomic E-state index is 12.5. The number of piperidine rings is 1. The van der Waals surface area contributed by atoms with Gasteiger partial charge in [-0.05, 0) is 38.4 Å². The number of rotatable bonds is 4. The fraction of sp³-hybridized carbons (Fsp3) is 0.500. The number of hydrogen-bond acceptors (Lipinski definition) is 4. The van der Waals surface area contributed by atoms with Crippen LogP contribution in [-0.2, 0) is 11.3 Å². The number of likely N-dealkylation sites (tertiary alicyclic amines) is 1. The van der Waals surface area contributed by atoms with Crippen LogP contribution in [0.2, 0.25) is 0 Å². The number of fused-ring (bicyclic) bond motifs is 1. The highest BCUT2D eigenvalue weighted by Gasteiger charge is 2.21. The zero-order valence-corrected chi connectivity index (χ0v) is 14.3. The Balaban J connectivity index is 1.67. The zero-order valence-electron chi connectivity index (χ0n) is 14.3. The van der Waals surface area contributed by atoms with E-state index in [1.165, 1.54) is 0 Å². The molecule has 3 rings (SSSR count). The number of aromatic nitrogens is 2. The van der Waals surface area contributed by atoms with E-state index in [1.54, 1.807) is 17.0 Å². The first-order valence-electron chi connectivity index (χ1n) is 8.50. The molecular weight excluding hydrogens is 304 g/mol. The topological polar surface area (TPSA) is 67.2 Å². The van der Waals surface area contributed by atoms with Gasteiger partial charge in [0.2, 0.25) is 5.91 Å². The number of carbonyl (C=O) groups is 1. The molecule has 0 aliphatic carbocycles. The van der Waals surface area contributed by atoms with E-state index >= 15 is 0 Å². The SMILES string of the molecule is CNC1CCN(C(=O)CCn2cnc3c(C)cccc3c2=O)CC1. The van der Waals surface area contributed by atoms with Crippen LogP contribution >= 0.6 is 0 Å². The molecule has 6 heteroatoms. The first-order valence-corrected chi connectivity index (χ1v) is 8.50. The second kappa shape index (κ2) is 7.13. The molecule has 0 bridgehead atoms. The Hall–Kier alpha value is -2.21. The van der Waals surface area contributed by atoms with Crippen molar-refractivity contribution in [2.45, 2.75) is 38.8 Å². The van der Waals surface area contributed by atoms with Gasteiger partial charge in [-0.3, -0.25) is 14.2 Å². The number of benzene rings is 1. The van der Waals surface area contributed by atoms with Crippen LogP contribution in [0.1, 0.15) is 24.8 Å². The van der Waals surface area contributed by atoms with E-state index in [2.05, 4.69) is 10.3 Å². The number of carbonyl (C=O) groups excluding carboxylic acids is 1. The lowest BCUT2D eigenvalue weighted by atomic mass is 10.1. The molecule has 0 saturated carbocycles. The summed E-state index contributed by atoms with van der Waals surface area (Å²) in [5.41, 5.74) is 1.64. The van der Waals surface area contributed by atoms with E-state index in [1.807, 2.05) is 31.0 Å². The van der Waals surface area contributed by atoms with E-state index in [-0.39, 0.29) is 11.5 Å². The smallest absolute Gasteiger partial charge is 0.261 e. The van der Waals surface area contributed by atoms with E-state index in [0.29, 0.717) is 24.4 Å². The molecule has 1 aromatic carbocycles. The number of nitrogens with zero attached hydrogens (tertiary/aromatic N) is 3. The first-order chi connectivity index (χ1) is 11.6. The Morgan fingerprint density at radius 3 is 2.79 bits per heavy atom. The van der Waals surface area contributed by atoms with Gasteiger partial charge < -0.3 is 10.2 Å². The van der Waals surface area contributed by atoms with Gasteiger partial charge in [0, 0.05) is 32.1 Å². The lowest BCUT2D eigenvalue weighted by Crippen LogP contribution is -2.44. The van der Waals surface area contributed by atoms with Crippen LogP contribution in [0, 0.1) is 6.92 Å². The third-order valence-corrected chi connectivity index (χ3v) is 4.88. The van der Waals surface area contributed by atoms with Crippen LogP contribution in [0.5, 0.6) is 0 Å². The van der Waals surface area contributed by atoms with Gasteiger partial charge >= 0.3 is 0 Å². The molecule has 1 aromatic heterocycles. The van der Waals surface area contributed by atoms with Gasteiger partial charge in [0.15, 0.2) is 0 Å². The maximum Gasteiger partial charge on any atom is 0.261 e. The third kappa shape index (κ3) is 3.33. The average molecular weight is 328 g/mol. The zero-order chi connectivity index (χ0) is 17.1. The summed E-state index contributed by atoms with van der Waals surface area (Å²) in [6.45, 7) is 3.89. The van der Waals surface area contributed by atoms with Crippen LogP contribution in [-0.4, -0.2) is 46.5 Å². The fourth-order valence-electron chi connectivity index (χ4n) is 3.29. The highest BCUT2D eigenvalue weighted by molar-refractivity contribution is 5.80. The van der Waals surface area contributed by atoms with E-state index in [4.69, 9.17) is 0 Å². The molecule has 1 aliphatic rings. The van der Waals surface area contributed by atoms with Crippen molar-refractivity contribution >= 4 is 16.8 Å². The van der Waals surface area contributed by atoms with Crippen LogP contribution < -0.4 is 10.9 Å². The van der Waals surface area contributed by atoms with Crippen molar-refractivity contribution in [3.05, 3.63) is 40.4 Å². The van der Waals surface area contributed by atoms with Crippen molar-refractivity contribution in [3.63, 3.8) is 0 Å². The van der Waals surface area contributed by atoms with Gasteiger partial charge in [0.1, 0.15) is 0 Å². The first kappa shape index (κ1) is 16.6. The molecule has 1 aliphatic heterocycles. The average Bonchev–Trinajstić information content (AvgIpc) is 2.61. The van der Waals surface area contributed by atoms with Gasteiger partial charge in [-0.1, -0.05) is 12.1 Å². The van der Waals surface area contributed by atoms with Crippen molar-refractivity contribution in [2.75, 3.05) is 20.1 Å². The minimum atomic E-state index is -0.0783. The molecule has 24 heavy (non-hydrogen) atoms. The predicted molar refractivity (Wildman–Crippen MR) is 94.0 cm³/mol. The van der Waals surface area contributed by atoms with Crippen molar-refractivity contribution in [3.8, 4) is 0 Å². The summed E-state index contributed by atoms with van der Waals surface area (Å²) in [5, 5.41) is 3.87. The van der Waals surface area contributed by atoms with Crippen LogP contribution in [0.25, 0.3) is 10.9 Å².